The van der Waals surface area contributed by atoms with Crippen LogP contribution in [0.2, 0.25) is 20.9 Å². The Labute approximate surface area is 846 Å². The van der Waals surface area contributed by atoms with Crippen molar-refractivity contribution >= 4 is 208 Å². The summed E-state index contributed by atoms with van der Waals surface area (Å²) in [6.45, 7) is 0. The van der Waals surface area contributed by atoms with E-state index in [0.717, 1.165) is 120 Å². The maximum Gasteiger partial charge on any atom is 0.235 e. The Hall–Kier alpha value is -16.3. The quantitative estimate of drug-likeness (QED) is 0.0996. The highest BCUT2D eigenvalue weighted by Gasteiger charge is 2.22. The zero-order valence-corrected chi connectivity index (χ0v) is 81.1. The second-order valence-electron chi connectivity index (χ2n) is 33.5. The standard InChI is InChI=1S/C30H18BrN3.C28H17ClN2.C18H11ClN2.C17H12ClN.C16H9Br.C13H8ClN5/c31-25-18-24-21-13-7-9-17-27(21)34(29(24)22-14-5-4-12-20(22)25)30-32-26-16-8-6-15-23(26)28(33-30)19-10-2-1-3-11-19;29-28-30-26-8-4-3-7-25(26)27(31-28)24-14-13-22-16-21(11-12-23(22)17-24)20-10-9-18-5-1-2-6-19(18)15-20;19-18-20-16-11-4-3-9-15(16)17(21-18)14-10-5-7-12-6-1-2-8-13(12)14;18-15-11-16(13-7-3-1-4-8-13)19-17(12-15)14-9-5-2-6-10-14;17-14-8-12-6-4-10-2-1-3-11-5-7-13(9-14)16(12)15(10)11;14-13-18-11(9-3-1-5-15-7-9)17-12(19-13)10-4-2-6-16-8-10/h1-18H;1-17H;1-11H;1-12H;1-9H;1-8H. The first-order valence-corrected chi connectivity index (χ1v) is 48.6. The minimum atomic E-state index is 0.146. The van der Waals surface area contributed by atoms with Crippen LogP contribution in [-0.2, 0) is 0 Å². The molecule has 0 aliphatic carbocycles. The Bertz CT molecular complexity index is 9060. The van der Waals surface area contributed by atoms with Crippen LogP contribution in [0.4, 0.5) is 0 Å². The molecule has 0 spiro atoms. The van der Waals surface area contributed by atoms with Gasteiger partial charge in [0, 0.05) is 110 Å². The van der Waals surface area contributed by atoms with Crippen molar-refractivity contribution in [1.82, 2.24) is 64.4 Å². The van der Waals surface area contributed by atoms with E-state index < -0.39 is 0 Å². The molecule has 0 atom stereocenters. The molecule has 0 amide bonds. The number of aromatic nitrogens is 13. The van der Waals surface area contributed by atoms with E-state index in [0.29, 0.717) is 22.6 Å². The summed E-state index contributed by atoms with van der Waals surface area (Å²) in [5, 5.41) is 24.4. The molecule has 8 heterocycles. The molecule has 0 saturated heterocycles. The minimum absolute atomic E-state index is 0.146. The van der Waals surface area contributed by atoms with Gasteiger partial charge in [-0.05, 0) is 213 Å². The van der Waals surface area contributed by atoms with Gasteiger partial charge in [-0.2, -0.15) is 9.97 Å². The molecule has 0 radical (unpaired) electrons. The zero-order chi connectivity index (χ0) is 95.2. The van der Waals surface area contributed by atoms with E-state index in [1.54, 1.807) is 24.8 Å². The zero-order valence-electron chi connectivity index (χ0n) is 74.9. The molecule has 0 N–H and O–H groups in total. The summed E-state index contributed by atoms with van der Waals surface area (Å²) in [4.78, 5) is 53.3. The van der Waals surface area contributed by atoms with Crippen molar-refractivity contribution in [3.05, 3.63) is 485 Å². The third-order valence-corrected chi connectivity index (χ3v) is 26.5. The second-order valence-corrected chi connectivity index (χ2v) is 36.7. The predicted molar refractivity (Wildman–Crippen MR) is 592 cm³/mol. The van der Waals surface area contributed by atoms with E-state index in [4.69, 9.17) is 56.4 Å². The monoisotopic (exact) mass is 2020 g/mol. The van der Waals surface area contributed by atoms with Gasteiger partial charge >= 0.3 is 0 Å². The van der Waals surface area contributed by atoms with Gasteiger partial charge in [0.05, 0.1) is 56.1 Å². The second kappa shape index (κ2) is 40.4. The molecule has 8 aromatic heterocycles. The Balaban J connectivity index is 0.0000000991. The van der Waals surface area contributed by atoms with E-state index in [2.05, 4.69) is 335 Å². The van der Waals surface area contributed by atoms with Crippen LogP contribution in [0.5, 0.6) is 0 Å². The van der Waals surface area contributed by atoms with Crippen molar-refractivity contribution in [1.29, 1.82) is 0 Å². The fourth-order valence-corrected chi connectivity index (χ4v) is 20.0. The first kappa shape index (κ1) is 89.8. The summed E-state index contributed by atoms with van der Waals surface area (Å²) < 4.78 is 4.45. The van der Waals surface area contributed by atoms with Crippen LogP contribution in [0.15, 0.2) is 464 Å². The lowest BCUT2D eigenvalue weighted by molar-refractivity contribution is 1.02. The smallest absolute Gasteiger partial charge is 0.235 e. The normalized spacial score (nSPS) is 11.2. The lowest BCUT2D eigenvalue weighted by atomic mass is 9.94. The van der Waals surface area contributed by atoms with Gasteiger partial charge in [0.15, 0.2) is 11.6 Å². The Kier molecular flexibility index (Phi) is 25.7. The van der Waals surface area contributed by atoms with E-state index in [-0.39, 0.29) is 15.9 Å². The Morgan fingerprint density at radius 2 is 0.631 bits per heavy atom. The van der Waals surface area contributed by atoms with E-state index in [1.807, 2.05) is 182 Å². The molecular weight excluding hydrogens is 1950 g/mol. The summed E-state index contributed by atoms with van der Waals surface area (Å²) >= 11 is 31.8. The van der Waals surface area contributed by atoms with Gasteiger partial charge in [-0.3, -0.25) is 14.5 Å². The van der Waals surface area contributed by atoms with E-state index >= 15 is 0 Å². The SMILES string of the molecule is Brc1cc2c3ccccc3n(-c3nc(-c4ccccc4)c4ccccc4n3)c2c2ccccc12.Brc1cc2ccc3cccc4ccc(c1)c2c34.Clc1cc(-c2ccccc2)nc(-c2ccccc2)c1.Clc1nc(-c2ccc3cc(-c4ccc5ccccc5c4)ccc3c2)c2ccccc2n1.Clc1nc(-c2cccc3ccccc23)c2ccccc2n1.Clc1nc(-c2cccnc2)nc(-c2cccnc2)n1. The fraction of sp³-hybridized carbons (Fsp3) is 0. The van der Waals surface area contributed by atoms with Gasteiger partial charge < -0.3 is 0 Å². The van der Waals surface area contributed by atoms with Crippen molar-refractivity contribution in [3.8, 4) is 96.1 Å². The number of hydrogen-bond donors (Lipinski definition) is 0. The van der Waals surface area contributed by atoms with Crippen LogP contribution < -0.4 is 0 Å². The van der Waals surface area contributed by atoms with Crippen LogP contribution in [0, 0.1) is 0 Å². The highest BCUT2D eigenvalue weighted by Crippen LogP contribution is 2.43. The largest absolute Gasteiger partial charge is 0.277 e. The summed E-state index contributed by atoms with van der Waals surface area (Å²) in [6, 6.07) is 147. The van der Waals surface area contributed by atoms with Crippen molar-refractivity contribution in [2.75, 3.05) is 0 Å². The van der Waals surface area contributed by atoms with E-state index in [9.17, 15) is 0 Å². The Morgan fingerprint density at radius 1 is 0.227 bits per heavy atom. The highest BCUT2D eigenvalue weighted by molar-refractivity contribution is 9.11. The van der Waals surface area contributed by atoms with Crippen molar-refractivity contribution in [2.45, 2.75) is 0 Å². The van der Waals surface area contributed by atoms with Gasteiger partial charge in [-0.25, -0.2) is 39.9 Å². The lowest BCUT2D eigenvalue weighted by Gasteiger charge is -2.13. The maximum atomic E-state index is 6.21. The average molecular weight is 2020 g/mol. The molecule has 19 heteroatoms. The summed E-state index contributed by atoms with van der Waals surface area (Å²) in [6.07, 6.45) is 6.74. The first-order chi connectivity index (χ1) is 69.3. The van der Waals surface area contributed by atoms with Crippen LogP contribution in [0.3, 0.4) is 0 Å². The van der Waals surface area contributed by atoms with Crippen molar-refractivity contribution in [2.24, 2.45) is 0 Å². The van der Waals surface area contributed by atoms with Crippen molar-refractivity contribution in [3.63, 3.8) is 0 Å². The number of rotatable bonds is 9. The lowest BCUT2D eigenvalue weighted by Crippen LogP contribution is -2.03. The molecule has 0 bridgehead atoms. The van der Waals surface area contributed by atoms with Crippen LogP contribution in [0.25, 0.3) is 226 Å². The minimum Gasteiger partial charge on any atom is -0.277 e. The van der Waals surface area contributed by atoms with Crippen molar-refractivity contribution < 1.29 is 0 Å². The van der Waals surface area contributed by atoms with Crippen LogP contribution in [-0.4, -0.2) is 64.4 Å². The van der Waals surface area contributed by atoms with Gasteiger partial charge in [-0.15, -0.1) is 0 Å². The molecule has 13 nitrogen and oxygen atoms in total. The highest BCUT2D eigenvalue weighted by atomic mass is 79.9. The summed E-state index contributed by atoms with van der Waals surface area (Å²) in [5.74, 6) is 1.66. The molecule has 670 valence electrons. The first-order valence-electron chi connectivity index (χ1n) is 45.5. The topological polar surface area (TPSA) is 160 Å². The van der Waals surface area contributed by atoms with Gasteiger partial charge in [0.1, 0.15) is 0 Å². The third-order valence-electron chi connectivity index (χ3n) is 24.7. The van der Waals surface area contributed by atoms with E-state index in [1.165, 1.54) is 97.3 Å². The number of para-hydroxylation sites is 4. The average Bonchev–Trinajstić information content (AvgIpc) is 1.62. The number of halogens is 6. The molecule has 141 heavy (non-hydrogen) atoms. The van der Waals surface area contributed by atoms with Gasteiger partial charge in [0.25, 0.3) is 0 Å². The molecule has 0 saturated carbocycles. The molecular formula is C122H75Br2Cl4N13. The molecule has 0 aliphatic rings. The third kappa shape index (κ3) is 19.1. The molecule has 0 aliphatic heterocycles. The number of benzene rings is 19. The molecule has 19 aromatic carbocycles. The number of fused-ring (bicyclic) bond motifs is 11. The molecule has 0 fully saturated rings. The predicted octanol–water partition coefficient (Wildman–Crippen LogP) is 34.4. The number of nitrogens with zero attached hydrogens (tertiary/aromatic N) is 13. The fourth-order valence-electron chi connectivity index (χ4n) is 18.2. The summed E-state index contributed by atoms with van der Waals surface area (Å²) in [7, 11) is 0. The molecule has 27 rings (SSSR count). The molecule has 27 aromatic rings. The maximum absolute atomic E-state index is 6.21. The van der Waals surface area contributed by atoms with Gasteiger partial charge in [0.2, 0.25) is 21.8 Å². The van der Waals surface area contributed by atoms with Gasteiger partial charge in [-0.1, -0.05) is 377 Å². The number of hydrogen-bond acceptors (Lipinski definition) is 12. The van der Waals surface area contributed by atoms with Crippen LogP contribution >= 0.6 is 78.3 Å². The summed E-state index contributed by atoms with van der Waals surface area (Å²) in [5.41, 5.74) is 18.7. The molecule has 0 unspecified atom stereocenters. The van der Waals surface area contributed by atoms with Crippen LogP contribution in [0.1, 0.15) is 0 Å². The Morgan fingerprint density at radius 3 is 1.21 bits per heavy atom. The number of pyridine rings is 3.